The molecule has 7 nitrogen and oxygen atoms in total. The van der Waals surface area contributed by atoms with Crippen molar-refractivity contribution in [1.29, 1.82) is 0 Å². The molecule has 34 heavy (non-hydrogen) atoms. The second-order valence-corrected chi connectivity index (χ2v) is 11.4. The van der Waals surface area contributed by atoms with Gasteiger partial charge in [0.15, 0.2) is 0 Å². The normalized spacial score (nSPS) is 23.5. The number of hydrogen-bond donors (Lipinski definition) is 1. The van der Waals surface area contributed by atoms with Crippen LogP contribution in [0.15, 0.2) is 53.7 Å². The number of hydrogen-bond acceptors (Lipinski definition) is 6. The summed E-state index contributed by atoms with van der Waals surface area (Å²) in [6.07, 6.45) is 8.73. The molecule has 0 radical (unpaired) electrons. The molecule has 2 heterocycles. The number of pyridine rings is 1. The number of likely N-dealkylation sites (N-methyl/N-ethyl adjacent to an activating group) is 1. The topological polar surface area (TPSA) is 83.0 Å². The van der Waals surface area contributed by atoms with Crippen LogP contribution in [0.1, 0.15) is 44.2 Å². The number of rotatable bonds is 7. The first-order chi connectivity index (χ1) is 16.3. The molecule has 0 spiro atoms. The highest BCUT2D eigenvalue weighted by atomic mass is 32.2. The largest absolute Gasteiger partial charge is 0.487 e. The molecule has 4 rings (SSSR count). The molecular weight excluding hydrogens is 450 g/mol. The SMILES string of the molecule is C[C@@H]1CN([C@@H](C)CO)S(=O)(=O)c2ccc(C3=CCCC3)cc2O[C@H]1CN(C)Cc1ccncc1. The fourth-order valence-electron chi connectivity index (χ4n) is 4.75. The molecule has 0 amide bonds. The molecule has 184 valence electrons. The molecule has 1 aliphatic heterocycles. The maximum absolute atomic E-state index is 13.6. The van der Waals surface area contributed by atoms with Gasteiger partial charge < -0.3 is 9.84 Å². The second-order valence-electron chi connectivity index (χ2n) is 9.58. The number of sulfonamides is 1. The van der Waals surface area contributed by atoms with Crippen molar-refractivity contribution >= 4 is 15.6 Å². The molecule has 8 heteroatoms. The van der Waals surface area contributed by atoms with Gasteiger partial charge in [0, 0.05) is 44.0 Å². The van der Waals surface area contributed by atoms with Gasteiger partial charge >= 0.3 is 0 Å². The minimum Gasteiger partial charge on any atom is -0.487 e. The highest BCUT2D eigenvalue weighted by Crippen LogP contribution is 2.37. The predicted molar refractivity (Wildman–Crippen MR) is 133 cm³/mol. The average Bonchev–Trinajstić information content (AvgIpc) is 3.36. The molecule has 0 saturated heterocycles. The van der Waals surface area contributed by atoms with E-state index in [4.69, 9.17) is 4.74 Å². The Labute approximate surface area is 203 Å². The minimum atomic E-state index is -3.82. The molecule has 0 saturated carbocycles. The molecule has 1 aromatic heterocycles. The van der Waals surface area contributed by atoms with E-state index in [1.165, 1.54) is 9.88 Å². The molecule has 2 aliphatic rings. The van der Waals surface area contributed by atoms with Gasteiger partial charge in [-0.25, -0.2) is 8.42 Å². The number of fused-ring (bicyclic) bond motifs is 1. The van der Waals surface area contributed by atoms with E-state index in [1.807, 2.05) is 38.2 Å². The van der Waals surface area contributed by atoms with E-state index in [2.05, 4.69) is 16.0 Å². The molecule has 2 aromatic rings. The maximum atomic E-state index is 13.6. The third-order valence-electron chi connectivity index (χ3n) is 6.77. The number of benzene rings is 1. The van der Waals surface area contributed by atoms with Crippen molar-refractivity contribution in [3.05, 3.63) is 59.9 Å². The van der Waals surface area contributed by atoms with E-state index in [1.54, 1.807) is 25.4 Å². The number of aliphatic hydroxyl groups excluding tert-OH is 1. The van der Waals surface area contributed by atoms with Crippen LogP contribution in [-0.2, 0) is 16.6 Å². The predicted octanol–water partition coefficient (Wildman–Crippen LogP) is 3.55. The molecule has 0 unspecified atom stereocenters. The summed E-state index contributed by atoms with van der Waals surface area (Å²) in [6, 6.07) is 8.91. The van der Waals surface area contributed by atoms with Crippen molar-refractivity contribution in [2.45, 2.75) is 56.7 Å². The highest BCUT2D eigenvalue weighted by Gasteiger charge is 2.38. The Kier molecular flexibility index (Phi) is 7.72. The van der Waals surface area contributed by atoms with Crippen LogP contribution >= 0.6 is 0 Å². The van der Waals surface area contributed by atoms with Crippen molar-refractivity contribution < 1.29 is 18.3 Å². The molecule has 0 bridgehead atoms. The standard InChI is InChI=1S/C26H35N3O4S/c1-19-15-29(20(2)18-30)34(31,32)26-9-8-23(22-6-4-5-7-22)14-24(26)33-25(19)17-28(3)16-21-10-12-27-13-11-21/h6,8-14,19-20,25,30H,4-5,7,15-18H2,1-3H3/t19-,20+,25+/m1/s1. The van der Waals surface area contributed by atoms with E-state index in [0.29, 0.717) is 12.3 Å². The van der Waals surface area contributed by atoms with E-state index in [-0.39, 0.29) is 30.1 Å². The first kappa shape index (κ1) is 24.9. The monoisotopic (exact) mass is 485 g/mol. The Morgan fingerprint density at radius 2 is 2.03 bits per heavy atom. The Morgan fingerprint density at radius 3 is 2.71 bits per heavy atom. The Hall–Kier alpha value is -2.26. The molecule has 0 fully saturated rings. The first-order valence-electron chi connectivity index (χ1n) is 12.0. The number of aliphatic hydroxyl groups is 1. The summed E-state index contributed by atoms with van der Waals surface area (Å²) in [6.45, 7) is 5.19. The van der Waals surface area contributed by atoms with Crippen LogP contribution in [0.3, 0.4) is 0 Å². The fourth-order valence-corrected chi connectivity index (χ4v) is 6.57. The summed E-state index contributed by atoms with van der Waals surface area (Å²) in [4.78, 5) is 6.45. The van der Waals surface area contributed by atoms with Gasteiger partial charge in [0.1, 0.15) is 16.7 Å². The van der Waals surface area contributed by atoms with E-state index >= 15 is 0 Å². The van der Waals surface area contributed by atoms with Gasteiger partial charge in [0.05, 0.1) is 6.61 Å². The smallest absolute Gasteiger partial charge is 0.247 e. The van der Waals surface area contributed by atoms with Crippen LogP contribution in [0.2, 0.25) is 0 Å². The summed E-state index contributed by atoms with van der Waals surface area (Å²) in [5.41, 5.74) is 3.42. The summed E-state index contributed by atoms with van der Waals surface area (Å²) >= 11 is 0. The lowest BCUT2D eigenvalue weighted by molar-refractivity contribution is 0.0733. The molecular formula is C26H35N3O4S. The van der Waals surface area contributed by atoms with Crippen molar-refractivity contribution in [2.24, 2.45) is 5.92 Å². The lowest BCUT2D eigenvalue weighted by atomic mass is 10.0. The highest BCUT2D eigenvalue weighted by molar-refractivity contribution is 7.89. The molecule has 1 aliphatic carbocycles. The second kappa shape index (κ2) is 10.6. The lowest BCUT2D eigenvalue weighted by Gasteiger charge is -2.37. The Bertz CT molecular complexity index is 1120. The van der Waals surface area contributed by atoms with Crippen LogP contribution in [0.4, 0.5) is 0 Å². The van der Waals surface area contributed by atoms with Crippen molar-refractivity contribution in [1.82, 2.24) is 14.2 Å². The number of nitrogens with zero attached hydrogens (tertiary/aromatic N) is 3. The molecule has 1 N–H and O–H groups in total. The van der Waals surface area contributed by atoms with E-state index in [9.17, 15) is 13.5 Å². The zero-order valence-electron chi connectivity index (χ0n) is 20.2. The third-order valence-corrected chi connectivity index (χ3v) is 8.79. The average molecular weight is 486 g/mol. The van der Waals surface area contributed by atoms with Crippen LogP contribution in [0.25, 0.3) is 5.57 Å². The molecule has 1 aromatic carbocycles. The van der Waals surface area contributed by atoms with Crippen LogP contribution in [-0.4, -0.2) is 66.6 Å². The number of aromatic nitrogens is 1. The number of allylic oxidation sites excluding steroid dienone is 2. The van der Waals surface area contributed by atoms with Crippen molar-refractivity contribution in [2.75, 3.05) is 26.7 Å². The minimum absolute atomic E-state index is 0.0776. The maximum Gasteiger partial charge on any atom is 0.247 e. The van der Waals surface area contributed by atoms with Gasteiger partial charge in [0.2, 0.25) is 10.0 Å². The van der Waals surface area contributed by atoms with Gasteiger partial charge in [-0.1, -0.05) is 19.1 Å². The Morgan fingerprint density at radius 1 is 1.26 bits per heavy atom. The Balaban J connectivity index is 1.69. The summed E-state index contributed by atoms with van der Waals surface area (Å²) in [5.74, 6) is 0.320. The first-order valence-corrected chi connectivity index (χ1v) is 13.4. The number of ether oxygens (including phenoxy) is 1. The van der Waals surface area contributed by atoms with Gasteiger partial charge in [-0.05, 0) is 74.2 Å². The summed E-state index contributed by atoms with van der Waals surface area (Å²) in [5, 5.41) is 9.82. The fraction of sp³-hybridized carbons (Fsp3) is 0.500. The van der Waals surface area contributed by atoms with Crippen molar-refractivity contribution in [3.8, 4) is 5.75 Å². The van der Waals surface area contributed by atoms with E-state index in [0.717, 1.165) is 36.9 Å². The van der Waals surface area contributed by atoms with Crippen LogP contribution < -0.4 is 4.74 Å². The molecule has 3 atom stereocenters. The van der Waals surface area contributed by atoms with Gasteiger partial charge in [-0.15, -0.1) is 0 Å². The quantitative estimate of drug-likeness (QED) is 0.646. The third kappa shape index (κ3) is 5.35. The zero-order valence-corrected chi connectivity index (χ0v) is 21.0. The lowest BCUT2D eigenvalue weighted by Crippen LogP contribution is -2.49. The summed E-state index contributed by atoms with van der Waals surface area (Å²) < 4.78 is 35.2. The summed E-state index contributed by atoms with van der Waals surface area (Å²) in [7, 11) is -1.78. The van der Waals surface area contributed by atoms with Crippen LogP contribution in [0.5, 0.6) is 5.75 Å². The van der Waals surface area contributed by atoms with Gasteiger partial charge in [-0.3, -0.25) is 9.88 Å². The van der Waals surface area contributed by atoms with E-state index < -0.39 is 16.1 Å². The zero-order chi connectivity index (χ0) is 24.3. The van der Waals surface area contributed by atoms with Gasteiger partial charge in [-0.2, -0.15) is 4.31 Å². The van der Waals surface area contributed by atoms with Crippen LogP contribution in [0, 0.1) is 5.92 Å². The van der Waals surface area contributed by atoms with Crippen molar-refractivity contribution in [3.63, 3.8) is 0 Å². The van der Waals surface area contributed by atoms with Gasteiger partial charge in [0.25, 0.3) is 0 Å².